The largest absolute Gasteiger partial charge is 0.342 e. The third-order valence-corrected chi connectivity index (χ3v) is 5.73. The second-order valence-corrected chi connectivity index (χ2v) is 8.39. The highest BCUT2D eigenvalue weighted by Crippen LogP contribution is 2.26. The molecule has 0 bridgehead atoms. The predicted octanol–water partition coefficient (Wildman–Crippen LogP) is 5.11. The summed E-state index contributed by atoms with van der Waals surface area (Å²) >= 11 is 0. The van der Waals surface area contributed by atoms with Crippen LogP contribution in [-0.2, 0) is 11.2 Å². The van der Waals surface area contributed by atoms with Crippen molar-refractivity contribution in [2.75, 3.05) is 13.1 Å². The first-order valence-electron chi connectivity index (χ1n) is 10.4. The molecule has 0 radical (unpaired) electrons. The van der Waals surface area contributed by atoms with Crippen LogP contribution in [0, 0.1) is 11.8 Å². The van der Waals surface area contributed by atoms with Crippen molar-refractivity contribution in [3.05, 3.63) is 71.3 Å². The fraction of sp³-hybridized carbons (Fsp3) is 0.440. The molecular weight excluding hydrogens is 346 g/mol. The number of nitrogens with zero attached hydrogens (tertiary/aromatic N) is 1. The average Bonchev–Trinajstić information content (AvgIpc) is 2.73. The van der Waals surface area contributed by atoms with Crippen LogP contribution < -0.4 is 0 Å². The van der Waals surface area contributed by atoms with E-state index in [-0.39, 0.29) is 23.5 Å². The molecule has 3 rings (SSSR count). The number of rotatable bonds is 6. The number of carbonyl (C=O) groups excluding carboxylic acids is 2. The highest BCUT2D eigenvalue weighted by Gasteiger charge is 2.30. The molecule has 2 aromatic rings. The molecule has 1 saturated heterocycles. The molecule has 3 nitrogen and oxygen atoms in total. The van der Waals surface area contributed by atoms with Crippen molar-refractivity contribution in [2.24, 2.45) is 11.8 Å². The molecular formula is C25H31NO2. The Balaban J connectivity index is 1.56. The first kappa shape index (κ1) is 20.3. The summed E-state index contributed by atoms with van der Waals surface area (Å²) in [6.45, 7) is 7.75. The fourth-order valence-electron chi connectivity index (χ4n) is 4.03. The average molecular weight is 378 g/mol. The van der Waals surface area contributed by atoms with Gasteiger partial charge in [0.05, 0.1) is 5.92 Å². The topological polar surface area (TPSA) is 37.4 Å². The predicted molar refractivity (Wildman–Crippen MR) is 113 cm³/mol. The monoisotopic (exact) mass is 377 g/mol. The molecule has 1 atom stereocenters. The Morgan fingerprint density at radius 1 is 0.929 bits per heavy atom. The van der Waals surface area contributed by atoms with Crippen LogP contribution in [-0.4, -0.2) is 29.7 Å². The minimum atomic E-state index is -0.144. The van der Waals surface area contributed by atoms with Crippen molar-refractivity contribution in [1.82, 2.24) is 4.90 Å². The lowest BCUT2D eigenvalue weighted by molar-refractivity contribution is -0.133. The number of carbonyl (C=O) groups is 2. The van der Waals surface area contributed by atoms with Gasteiger partial charge >= 0.3 is 0 Å². The molecule has 0 N–H and O–H groups in total. The van der Waals surface area contributed by atoms with Crippen LogP contribution in [0.1, 0.15) is 61.0 Å². The summed E-state index contributed by atoms with van der Waals surface area (Å²) in [5.74, 6) is 0.889. The third kappa shape index (κ3) is 4.89. The minimum absolute atomic E-state index is 0.0251. The van der Waals surface area contributed by atoms with Crippen molar-refractivity contribution < 1.29 is 9.59 Å². The summed E-state index contributed by atoms with van der Waals surface area (Å²) in [6.07, 6.45) is 2.56. The van der Waals surface area contributed by atoms with E-state index in [0.29, 0.717) is 19.0 Å². The van der Waals surface area contributed by atoms with E-state index in [1.807, 2.05) is 42.2 Å². The van der Waals surface area contributed by atoms with Gasteiger partial charge in [-0.1, -0.05) is 68.4 Å². The number of Topliss-reactive ketones (excluding diaryl/α,β-unsaturated/α-hetero) is 1. The molecule has 0 saturated carbocycles. The van der Waals surface area contributed by atoms with Gasteiger partial charge in [0, 0.05) is 24.6 Å². The quantitative estimate of drug-likeness (QED) is 0.656. The molecule has 1 aliphatic rings. The molecule has 0 spiro atoms. The van der Waals surface area contributed by atoms with Crippen LogP contribution in [0.15, 0.2) is 54.6 Å². The van der Waals surface area contributed by atoms with E-state index in [1.54, 1.807) is 0 Å². The zero-order valence-corrected chi connectivity index (χ0v) is 17.2. The Labute approximate surface area is 168 Å². The van der Waals surface area contributed by atoms with Gasteiger partial charge < -0.3 is 4.90 Å². The molecule has 1 aliphatic heterocycles. The van der Waals surface area contributed by atoms with Crippen LogP contribution in [0.2, 0.25) is 0 Å². The number of piperidine rings is 1. The van der Waals surface area contributed by atoms with Gasteiger partial charge in [-0.2, -0.15) is 0 Å². The van der Waals surface area contributed by atoms with E-state index in [1.165, 1.54) is 5.56 Å². The lowest BCUT2D eigenvalue weighted by Crippen LogP contribution is -2.42. The molecule has 2 aromatic carbocycles. The SMILES string of the molecule is CC(C)Cc1ccc([C@@H](C)C(=O)N2CCC(C(=O)c3ccccc3)CC2)cc1. The van der Waals surface area contributed by atoms with Gasteiger partial charge in [-0.15, -0.1) is 0 Å². The molecule has 0 aromatic heterocycles. The lowest BCUT2D eigenvalue weighted by atomic mass is 9.88. The van der Waals surface area contributed by atoms with Gasteiger partial charge in [0.2, 0.25) is 5.91 Å². The van der Waals surface area contributed by atoms with E-state index in [9.17, 15) is 9.59 Å². The molecule has 1 amide bonds. The lowest BCUT2D eigenvalue weighted by Gasteiger charge is -2.33. The summed E-state index contributed by atoms with van der Waals surface area (Å²) in [5.41, 5.74) is 3.17. The van der Waals surface area contributed by atoms with E-state index in [0.717, 1.165) is 30.4 Å². The maximum Gasteiger partial charge on any atom is 0.229 e. The summed E-state index contributed by atoms with van der Waals surface area (Å²) in [7, 11) is 0. The number of benzene rings is 2. The van der Waals surface area contributed by atoms with Crippen molar-refractivity contribution >= 4 is 11.7 Å². The zero-order chi connectivity index (χ0) is 20.1. The zero-order valence-electron chi connectivity index (χ0n) is 17.2. The van der Waals surface area contributed by atoms with Crippen LogP contribution in [0.5, 0.6) is 0 Å². The Kier molecular flexibility index (Phi) is 6.66. The molecule has 0 unspecified atom stereocenters. The van der Waals surface area contributed by atoms with Crippen LogP contribution in [0.3, 0.4) is 0 Å². The number of hydrogen-bond acceptors (Lipinski definition) is 2. The minimum Gasteiger partial charge on any atom is -0.342 e. The van der Waals surface area contributed by atoms with Gasteiger partial charge in [-0.05, 0) is 43.2 Å². The molecule has 28 heavy (non-hydrogen) atoms. The second kappa shape index (κ2) is 9.18. The highest BCUT2D eigenvalue weighted by molar-refractivity contribution is 5.98. The van der Waals surface area contributed by atoms with E-state index in [2.05, 4.69) is 38.1 Å². The fourth-order valence-corrected chi connectivity index (χ4v) is 4.03. The Morgan fingerprint density at radius 2 is 1.54 bits per heavy atom. The van der Waals surface area contributed by atoms with Crippen LogP contribution in [0.4, 0.5) is 0 Å². The standard InChI is InChI=1S/C25H31NO2/c1-18(2)17-20-9-11-21(12-10-20)19(3)25(28)26-15-13-23(14-16-26)24(27)22-7-5-4-6-8-22/h4-12,18-19,23H,13-17H2,1-3H3/t19-/m1/s1. The van der Waals surface area contributed by atoms with E-state index >= 15 is 0 Å². The highest BCUT2D eigenvalue weighted by atomic mass is 16.2. The molecule has 0 aliphatic carbocycles. The number of hydrogen-bond donors (Lipinski definition) is 0. The Morgan fingerprint density at radius 3 is 2.11 bits per heavy atom. The maximum atomic E-state index is 12.9. The normalized spacial score (nSPS) is 16.2. The smallest absolute Gasteiger partial charge is 0.229 e. The number of likely N-dealkylation sites (tertiary alicyclic amines) is 1. The van der Waals surface area contributed by atoms with Gasteiger partial charge in [-0.3, -0.25) is 9.59 Å². The first-order valence-corrected chi connectivity index (χ1v) is 10.4. The van der Waals surface area contributed by atoms with Gasteiger partial charge in [0.25, 0.3) is 0 Å². The van der Waals surface area contributed by atoms with E-state index in [4.69, 9.17) is 0 Å². The van der Waals surface area contributed by atoms with Crippen molar-refractivity contribution in [2.45, 2.75) is 46.0 Å². The Hall–Kier alpha value is -2.42. The molecule has 148 valence electrons. The summed E-state index contributed by atoms with van der Waals surface area (Å²) in [4.78, 5) is 27.5. The first-order chi connectivity index (χ1) is 13.5. The third-order valence-electron chi connectivity index (χ3n) is 5.73. The molecule has 1 fully saturated rings. The van der Waals surface area contributed by atoms with Gasteiger partial charge in [0.1, 0.15) is 0 Å². The molecule has 1 heterocycles. The summed E-state index contributed by atoms with van der Waals surface area (Å²) in [6, 6.07) is 18.0. The number of ketones is 1. The number of amides is 1. The van der Waals surface area contributed by atoms with Crippen molar-refractivity contribution in [3.8, 4) is 0 Å². The van der Waals surface area contributed by atoms with Gasteiger partial charge in [-0.25, -0.2) is 0 Å². The second-order valence-electron chi connectivity index (χ2n) is 8.39. The van der Waals surface area contributed by atoms with Crippen molar-refractivity contribution in [3.63, 3.8) is 0 Å². The van der Waals surface area contributed by atoms with Crippen LogP contribution >= 0.6 is 0 Å². The summed E-state index contributed by atoms with van der Waals surface area (Å²) < 4.78 is 0. The Bertz CT molecular complexity index is 787. The summed E-state index contributed by atoms with van der Waals surface area (Å²) in [5, 5.41) is 0. The van der Waals surface area contributed by atoms with Crippen molar-refractivity contribution in [1.29, 1.82) is 0 Å². The molecule has 3 heteroatoms. The van der Waals surface area contributed by atoms with Crippen LogP contribution in [0.25, 0.3) is 0 Å². The van der Waals surface area contributed by atoms with E-state index < -0.39 is 0 Å². The maximum absolute atomic E-state index is 12.9. The van der Waals surface area contributed by atoms with Gasteiger partial charge in [0.15, 0.2) is 5.78 Å².